The van der Waals surface area contributed by atoms with Crippen molar-refractivity contribution in [3.8, 4) is 11.5 Å². The Morgan fingerprint density at radius 2 is 1.62 bits per heavy atom. The van der Waals surface area contributed by atoms with Gasteiger partial charge in [0.15, 0.2) is 6.61 Å². The number of hydrazone groups is 1. The van der Waals surface area contributed by atoms with Crippen LogP contribution in [0.15, 0.2) is 79.2 Å². The molecular formula is C22H14Br3N3O6. The Hall–Kier alpha value is -3.09. The molecule has 3 aromatic carbocycles. The quantitative estimate of drug-likeness (QED) is 0.110. The van der Waals surface area contributed by atoms with Gasteiger partial charge in [-0.05, 0) is 86.0 Å². The molecule has 0 radical (unpaired) electrons. The fraction of sp³-hybridized carbons (Fsp3) is 0.0455. The van der Waals surface area contributed by atoms with Crippen molar-refractivity contribution in [2.24, 2.45) is 5.10 Å². The summed E-state index contributed by atoms with van der Waals surface area (Å²) in [5, 5.41) is 14.6. The maximum absolute atomic E-state index is 12.2. The van der Waals surface area contributed by atoms with E-state index >= 15 is 0 Å². The number of nitrogens with zero attached hydrogens (tertiary/aromatic N) is 2. The molecule has 0 atom stereocenters. The topological polar surface area (TPSA) is 120 Å². The zero-order chi connectivity index (χ0) is 24.7. The van der Waals surface area contributed by atoms with Crippen LogP contribution in [0.25, 0.3) is 0 Å². The zero-order valence-electron chi connectivity index (χ0n) is 17.0. The van der Waals surface area contributed by atoms with E-state index in [0.29, 0.717) is 20.3 Å². The fourth-order valence-corrected chi connectivity index (χ4v) is 5.01. The van der Waals surface area contributed by atoms with Crippen LogP contribution in [0.5, 0.6) is 11.5 Å². The first-order valence-corrected chi connectivity index (χ1v) is 11.8. The second-order valence-electron chi connectivity index (χ2n) is 6.54. The molecule has 0 saturated carbocycles. The standard InChI is InChI=1S/C22H14Br3N3O6/c23-15-9-18(24)21(19(25)10-15)33-12-20(29)27-26-11-13-1-7-17(8-2-13)34-22(30)14-3-5-16(6-4-14)28(31)32/h1-11H,12H2,(H,27,29). The SMILES string of the molecule is O=C(COc1c(Br)cc(Br)cc1Br)NN=Cc1ccc(OC(=O)c2ccc([N+](=O)[O-])cc2)cc1. The molecule has 0 spiro atoms. The summed E-state index contributed by atoms with van der Waals surface area (Å²) < 4.78 is 13.0. The average molecular weight is 656 g/mol. The van der Waals surface area contributed by atoms with Gasteiger partial charge in [-0.25, -0.2) is 10.2 Å². The highest BCUT2D eigenvalue weighted by molar-refractivity contribution is 9.11. The van der Waals surface area contributed by atoms with Crippen molar-refractivity contribution in [1.29, 1.82) is 0 Å². The second-order valence-corrected chi connectivity index (χ2v) is 9.17. The van der Waals surface area contributed by atoms with Crippen molar-refractivity contribution in [3.05, 3.63) is 95.3 Å². The molecule has 0 aliphatic carbocycles. The molecule has 3 rings (SSSR count). The van der Waals surface area contributed by atoms with Gasteiger partial charge >= 0.3 is 5.97 Å². The Balaban J connectivity index is 1.49. The summed E-state index contributed by atoms with van der Waals surface area (Å²) >= 11 is 10.1. The van der Waals surface area contributed by atoms with E-state index in [1.165, 1.54) is 30.5 Å². The lowest BCUT2D eigenvalue weighted by Gasteiger charge is -2.09. The minimum atomic E-state index is -0.646. The molecule has 0 aliphatic rings. The van der Waals surface area contributed by atoms with Gasteiger partial charge in [0, 0.05) is 16.6 Å². The third kappa shape index (κ3) is 7.20. The van der Waals surface area contributed by atoms with E-state index in [1.54, 1.807) is 36.4 Å². The molecule has 0 bridgehead atoms. The predicted octanol–water partition coefficient (Wildman–Crippen LogP) is 5.63. The maximum Gasteiger partial charge on any atom is 0.343 e. The zero-order valence-corrected chi connectivity index (χ0v) is 21.8. The van der Waals surface area contributed by atoms with Crippen molar-refractivity contribution < 1.29 is 24.0 Å². The first-order chi connectivity index (χ1) is 16.2. The normalized spacial score (nSPS) is 10.7. The molecule has 1 amide bonds. The van der Waals surface area contributed by atoms with Gasteiger partial charge in [-0.2, -0.15) is 5.10 Å². The number of rotatable bonds is 8. The van der Waals surface area contributed by atoms with Crippen molar-refractivity contribution in [2.75, 3.05) is 6.61 Å². The summed E-state index contributed by atoms with van der Waals surface area (Å²) in [5.41, 5.74) is 3.08. The van der Waals surface area contributed by atoms with Crippen LogP contribution in [0, 0.1) is 10.1 Å². The summed E-state index contributed by atoms with van der Waals surface area (Å²) in [7, 11) is 0. The summed E-state index contributed by atoms with van der Waals surface area (Å²) in [6, 6.07) is 15.1. The first-order valence-electron chi connectivity index (χ1n) is 9.39. The van der Waals surface area contributed by atoms with Gasteiger partial charge in [-0.3, -0.25) is 14.9 Å². The van der Waals surface area contributed by atoms with Crippen molar-refractivity contribution >= 4 is 71.6 Å². The largest absolute Gasteiger partial charge is 0.481 e. The maximum atomic E-state index is 12.2. The van der Waals surface area contributed by atoms with Gasteiger partial charge in [-0.15, -0.1) is 0 Å². The van der Waals surface area contributed by atoms with E-state index in [2.05, 4.69) is 58.3 Å². The highest BCUT2D eigenvalue weighted by Crippen LogP contribution is 2.36. The molecule has 0 heterocycles. The lowest BCUT2D eigenvalue weighted by Crippen LogP contribution is -2.24. The van der Waals surface area contributed by atoms with Crippen LogP contribution in [-0.4, -0.2) is 29.6 Å². The number of ether oxygens (including phenoxy) is 2. The van der Waals surface area contributed by atoms with Crippen molar-refractivity contribution in [2.45, 2.75) is 0 Å². The number of non-ortho nitro benzene ring substituents is 1. The third-order valence-electron chi connectivity index (χ3n) is 4.12. The Morgan fingerprint density at radius 1 is 1.00 bits per heavy atom. The second kappa shape index (κ2) is 11.9. The van der Waals surface area contributed by atoms with E-state index in [0.717, 1.165) is 4.47 Å². The van der Waals surface area contributed by atoms with Crippen LogP contribution in [0.3, 0.4) is 0 Å². The molecule has 0 unspecified atom stereocenters. The van der Waals surface area contributed by atoms with Crippen LogP contribution in [0.1, 0.15) is 15.9 Å². The Morgan fingerprint density at radius 3 is 2.21 bits per heavy atom. The third-order valence-corrected chi connectivity index (χ3v) is 5.75. The smallest absolute Gasteiger partial charge is 0.343 e. The number of amides is 1. The first kappa shape index (κ1) is 25.5. The van der Waals surface area contributed by atoms with E-state index in [9.17, 15) is 19.7 Å². The Bertz CT molecular complexity index is 1220. The number of hydrogen-bond donors (Lipinski definition) is 1. The number of nitro groups is 1. The summed E-state index contributed by atoms with van der Waals surface area (Å²) in [5.74, 6) is -0.330. The molecule has 174 valence electrons. The minimum absolute atomic E-state index is 0.118. The monoisotopic (exact) mass is 653 g/mol. The van der Waals surface area contributed by atoms with Crippen LogP contribution in [0.2, 0.25) is 0 Å². The van der Waals surface area contributed by atoms with Crippen molar-refractivity contribution in [3.63, 3.8) is 0 Å². The molecule has 3 aromatic rings. The molecule has 12 heteroatoms. The summed E-state index contributed by atoms with van der Waals surface area (Å²) in [4.78, 5) is 34.3. The molecule has 34 heavy (non-hydrogen) atoms. The van der Waals surface area contributed by atoms with Crippen LogP contribution >= 0.6 is 47.8 Å². The highest BCUT2D eigenvalue weighted by atomic mass is 79.9. The number of nitro benzene ring substituents is 1. The molecular weight excluding hydrogens is 642 g/mol. The highest BCUT2D eigenvalue weighted by Gasteiger charge is 2.12. The number of benzene rings is 3. The van der Waals surface area contributed by atoms with Crippen LogP contribution < -0.4 is 14.9 Å². The van der Waals surface area contributed by atoms with Gasteiger partial charge < -0.3 is 9.47 Å². The number of nitrogens with one attached hydrogen (secondary N) is 1. The molecule has 0 saturated heterocycles. The lowest BCUT2D eigenvalue weighted by molar-refractivity contribution is -0.384. The van der Waals surface area contributed by atoms with Gasteiger partial charge in [0.25, 0.3) is 11.6 Å². The molecule has 1 N–H and O–H groups in total. The van der Waals surface area contributed by atoms with Gasteiger partial charge in [0.2, 0.25) is 0 Å². The van der Waals surface area contributed by atoms with E-state index in [1.807, 2.05) is 0 Å². The predicted molar refractivity (Wildman–Crippen MR) is 135 cm³/mol. The fourth-order valence-electron chi connectivity index (χ4n) is 2.52. The number of hydrogen-bond acceptors (Lipinski definition) is 7. The van der Waals surface area contributed by atoms with Gasteiger partial charge in [0.05, 0.1) is 25.6 Å². The van der Waals surface area contributed by atoms with E-state index < -0.39 is 16.8 Å². The average Bonchev–Trinajstić information content (AvgIpc) is 2.79. The summed E-state index contributed by atoms with van der Waals surface area (Å²) in [6.07, 6.45) is 1.42. The van der Waals surface area contributed by atoms with Gasteiger partial charge in [-0.1, -0.05) is 15.9 Å². The number of halogens is 3. The number of carbonyl (C=O) groups is 2. The minimum Gasteiger partial charge on any atom is -0.481 e. The van der Waals surface area contributed by atoms with Crippen LogP contribution in [-0.2, 0) is 4.79 Å². The Labute approximate surface area is 218 Å². The molecule has 0 fully saturated rings. The Kier molecular flexibility index (Phi) is 8.91. The summed E-state index contributed by atoms with van der Waals surface area (Å²) in [6.45, 7) is -0.242. The molecule has 0 aromatic heterocycles. The van der Waals surface area contributed by atoms with Crippen LogP contribution in [0.4, 0.5) is 5.69 Å². The number of esters is 1. The lowest BCUT2D eigenvalue weighted by atomic mass is 10.2. The molecule has 0 aliphatic heterocycles. The van der Waals surface area contributed by atoms with E-state index in [4.69, 9.17) is 9.47 Å². The van der Waals surface area contributed by atoms with Gasteiger partial charge in [0.1, 0.15) is 11.5 Å². The van der Waals surface area contributed by atoms with E-state index in [-0.39, 0.29) is 23.6 Å². The number of carbonyl (C=O) groups excluding carboxylic acids is 2. The van der Waals surface area contributed by atoms with Crippen molar-refractivity contribution in [1.82, 2.24) is 5.43 Å². The molecule has 9 nitrogen and oxygen atoms in total.